The molecule has 1 aliphatic heterocycles. The molecular formula is C8H12F2O4S. The fraction of sp³-hybridized carbons (Fsp3) is 0.875. The van der Waals surface area contributed by atoms with Gasteiger partial charge in [-0.2, -0.15) is 0 Å². The fourth-order valence-electron chi connectivity index (χ4n) is 1.59. The lowest BCUT2D eigenvalue weighted by Gasteiger charge is -2.15. The van der Waals surface area contributed by atoms with Crippen molar-refractivity contribution in [1.29, 1.82) is 0 Å². The van der Waals surface area contributed by atoms with Crippen LogP contribution in [0.1, 0.15) is 12.8 Å². The van der Waals surface area contributed by atoms with Gasteiger partial charge in [-0.15, -0.1) is 0 Å². The molecule has 1 aliphatic rings. The van der Waals surface area contributed by atoms with Gasteiger partial charge < -0.3 is 4.74 Å². The number of carbonyl (C=O) groups excluding carboxylic acids is 1. The number of methoxy groups -OCH3 is 1. The average molecular weight is 242 g/mol. The first-order valence-electron chi connectivity index (χ1n) is 4.42. The second-order valence-corrected chi connectivity index (χ2v) is 5.74. The Morgan fingerprint density at radius 2 is 2.13 bits per heavy atom. The summed E-state index contributed by atoms with van der Waals surface area (Å²) in [5.74, 6) is -6.73. The van der Waals surface area contributed by atoms with Gasteiger partial charge >= 0.3 is 5.97 Å². The number of ether oxygens (including phenoxy) is 1. The van der Waals surface area contributed by atoms with Gasteiger partial charge in [0, 0.05) is 12.3 Å². The third-order valence-corrected chi connectivity index (χ3v) is 4.12. The molecule has 0 saturated carbocycles. The zero-order chi connectivity index (χ0) is 11.7. The maximum absolute atomic E-state index is 13.1. The van der Waals surface area contributed by atoms with Crippen LogP contribution in [0.2, 0.25) is 0 Å². The molecule has 0 amide bonds. The van der Waals surface area contributed by atoms with Crippen molar-refractivity contribution in [3.8, 4) is 0 Å². The number of hydrogen-bond donors (Lipinski definition) is 0. The molecule has 88 valence electrons. The quantitative estimate of drug-likeness (QED) is 0.681. The van der Waals surface area contributed by atoms with E-state index in [-0.39, 0.29) is 12.8 Å². The minimum atomic E-state index is -3.66. The average Bonchev–Trinajstić information content (AvgIpc) is 2.29. The van der Waals surface area contributed by atoms with E-state index in [4.69, 9.17) is 0 Å². The molecule has 4 nitrogen and oxygen atoms in total. The molecule has 0 radical (unpaired) electrons. The standard InChI is InChI=1S/C8H12F2O4S/c1-14-7(11)3-2-6-4-15(12,13)5-8(6,9)10/h6H,2-5H2,1H3. The van der Waals surface area contributed by atoms with E-state index in [1.54, 1.807) is 0 Å². The Morgan fingerprint density at radius 1 is 1.53 bits per heavy atom. The Kier molecular flexibility index (Phi) is 3.32. The number of carbonyl (C=O) groups is 1. The van der Waals surface area contributed by atoms with Crippen molar-refractivity contribution in [3.05, 3.63) is 0 Å². The Hall–Kier alpha value is -0.720. The molecule has 1 rings (SSSR count). The molecule has 0 bridgehead atoms. The van der Waals surface area contributed by atoms with E-state index in [9.17, 15) is 22.0 Å². The lowest BCUT2D eigenvalue weighted by Crippen LogP contribution is -2.27. The zero-order valence-corrected chi connectivity index (χ0v) is 9.02. The van der Waals surface area contributed by atoms with Crippen molar-refractivity contribution in [1.82, 2.24) is 0 Å². The Morgan fingerprint density at radius 3 is 2.53 bits per heavy atom. The molecular weight excluding hydrogens is 230 g/mol. The summed E-state index contributed by atoms with van der Waals surface area (Å²) in [6, 6.07) is 0. The predicted molar refractivity (Wildman–Crippen MR) is 48.3 cm³/mol. The molecule has 0 spiro atoms. The number of hydrogen-bond acceptors (Lipinski definition) is 4. The van der Waals surface area contributed by atoms with E-state index >= 15 is 0 Å². The first-order valence-corrected chi connectivity index (χ1v) is 6.24. The second kappa shape index (κ2) is 4.03. The van der Waals surface area contributed by atoms with Crippen molar-refractivity contribution in [2.45, 2.75) is 18.8 Å². The Balaban J connectivity index is 2.60. The van der Waals surface area contributed by atoms with Crippen LogP contribution in [0.25, 0.3) is 0 Å². The first-order chi connectivity index (χ1) is 6.77. The molecule has 0 aromatic heterocycles. The summed E-state index contributed by atoms with van der Waals surface area (Å²) in [5, 5.41) is 0. The smallest absolute Gasteiger partial charge is 0.305 e. The molecule has 1 unspecified atom stereocenters. The van der Waals surface area contributed by atoms with Crippen LogP contribution < -0.4 is 0 Å². The third-order valence-electron chi connectivity index (χ3n) is 2.39. The SMILES string of the molecule is COC(=O)CCC1CS(=O)(=O)CC1(F)F. The number of esters is 1. The summed E-state index contributed by atoms with van der Waals surface area (Å²) in [7, 11) is -2.50. The van der Waals surface area contributed by atoms with Crippen molar-refractivity contribution in [2.24, 2.45) is 5.92 Å². The predicted octanol–water partition coefficient (Wildman–Crippen LogP) is 0.620. The van der Waals surface area contributed by atoms with E-state index in [2.05, 4.69) is 4.74 Å². The van der Waals surface area contributed by atoms with Gasteiger partial charge in [0.25, 0.3) is 5.92 Å². The van der Waals surface area contributed by atoms with E-state index in [1.165, 1.54) is 0 Å². The van der Waals surface area contributed by atoms with Gasteiger partial charge in [-0.1, -0.05) is 0 Å². The van der Waals surface area contributed by atoms with Gasteiger partial charge in [0.2, 0.25) is 0 Å². The van der Waals surface area contributed by atoms with Gasteiger partial charge in [-0.05, 0) is 6.42 Å². The highest BCUT2D eigenvalue weighted by Crippen LogP contribution is 2.37. The first kappa shape index (κ1) is 12.4. The van der Waals surface area contributed by atoms with Crippen molar-refractivity contribution in [2.75, 3.05) is 18.6 Å². The molecule has 0 N–H and O–H groups in total. The van der Waals surface area contributed by atoms with E-state index in [0.717, 1.165) is 7.11 Å². The summed E-state index contributed by atoms with van der Waals surface area (Å²) >= 11 is 0. The zero-order valence-electron chi connectivity index (χ0n) is 8.20. The van der Waals surface area contributed by atoms with Crippen LogP contribution >= 0.6 is 0 Å². The van der Waals surface area contributed by atoms with Gasteiger partial charge in [-0.25, -0.2) is 17.2 Å². The molecule has 1 heterocycles. The highest BCUT2D eigenvalue weighted by molar-refractivity contribution is 7.91. The minimum absolute atomic E-state index is 0.154. The molecule has 1 fully saturated rings. The van der Waals surface area contributed by atoms with Crippen LogP contribution in [0.15, 0.2) is 0 Å². The summed E-state index contributed by atoms with van der Waals surface area (Å²) in [5.41, 5.74) is 0. The number of sulfone groups is 1. The Labute approximate surface area is 86.5 Å². The molecule has 1 atom stereocenters. The van der Waals surface area contributed by atoms with Crippen LogP contribution in [0.4, 0.5) is 8.78 Å². The van der Waals surface area contributed by atoms with Crippen LogP contribution in [0, 0.1) is 5.92 Å². The monoisotopic (exact) mass is 242 g/mol. The second-order valence-electron chi connectivity index (χ2n) is 3.63. The van der Waals surface area contributed by atoms with E-state index < -0.39 is 39.2 Å². The normalized spacial score (nSPS) is 27.5. The van der Waals surface area contributed by atoms with Crippen molar-refractivity contribution in [3.63, 3.8) is 0 Å². The lowest BCUT2D eigenvalue weighted by molar-refractivity contribution is -0.141. The van der Waals surface area contributed by atoms with Gasteiger partial charge in [0.05, 0.1) is 12.9 Å². The number of rotatable bonds is 3. The molecule has 0 aromatic rings. The number of alkyl halides is 2. The molecule has 0 aliphatic carbocycles. The summed E-state index contributed by atoms with van der Waals surface area (Å²) in [6.07, 6.45) is -0.328. The van der Waals surface area contributed by atoms with Crippen LogP contribution in [0.5, 0.6) is 0 Å². The summed E-state index contributed by atoms with van der Waals surface area (Å²) in [6.45, 7) is 0. The molecule has 1 saturated heterocycles. The highest BCUT2D eigenvalue weighted by Gasteiger charge is 2.51. The Bertz CT molecular complexity index is 350. The van der Waals surface area contributed by atoms with Crippen molar-refractivity contribution < 1.29 is 26.7 Å². The molecule has 15 heavy (non-hydrogen) atoms. The van der Waals surface area contributed by atoms with Gasteiger partial charge in [0.1, 0.15) is 5.75 Å². The summed E-state index contributed by atoms with van der Waals surface area (Å²) < 4.78 is 52.5. The van der Waals surface area contributed by atoms with Gasteiger partial charge in [-0.3, -0.25) is 4.79 Å². The largest absolute Gasteiger partial charge is 0.469 e. The van der Waals surface area contributed by atoms with E-state index in [0.29, 0.717) is 0 Å². The highest BCUT2D eigenvalue weighted by atomic mass is 32.2. The molecule has 7 heteroatoms. The maximum Gasteiger partial charge on any atom is 0.305 e. The molecule has 0 aromatic carbocycles. The van der Waals surface area contributed by atoms with Gasteiger partial charge in [0.15, 0.2) is 9.84 Å². The topological polar surface area (TPSA) is 60.4 Å². The van der Waals surface area contributed by atoms with Crippen LogP contribution in [-0.4, -0.2) is 38.9 Å². The number of halogens is 2. The van der Waals surface area contributed by atoms with Crippen LogP contribution in [0.3, 0.4) is 0 Å². The maximum atomic E-state index is 13.1. The van der Waals surface area contributed by atoms with Crippen LogP contribution in [-0.2, 0) is 19.4 Å². The fourth-order valence-corrected chi connectivity index (χ4v) is 3.55. The minimum Gasteiger partial charge on any atom is -0.469 e. The lowest BCUT2D eigenvalue weighted by atomic mass is 9.99. The summed E-state index contributed by atoms with van der Waals surface area (Å²) in [4.78, 5) is 10.7. The van der Waals surface area contributed by atoms with E-state index in [1.807, 2.05) is 0 Å². The third kappa shape index (κ3) is 3.12. The van der Waals surface area contributed by atoms with Crippen molar-refractivity contribution >= 4 is 15.8 Å².